The van der Waals surface area contributed by atoms with Crippen molar-refractivity contribution in [3.8, 4) is 0 Å². The third-order valence-corrected chi connectivity index (χ3v) is 5.48. The van der Waals surface area contributed by atoms with Crippen molar-refractivity contribution in [3.63, 3.8) is 0 Å². The van der Waals surface area contributed by atoms with Crippen molar-refractivity contribution in [1.82, 2.24) is 4.90 Å². The quantitative estimate of drug-likeness (QED) is 0.650. The molecule has 1 aliphatic rings. The van der Waals surface area contributed by atoms with E-state index in [2.05, 4.69) is 0 Å². The molecule has 7 nitrogen and oxygen atoms in total. The highest BCUT2D eigenvalue weighted by Gasteiger charge is 2.43. The number of benzene rings is 2. The molecule has 0 aliphatic carbocycles. The minimum absolute atomic E-state index is 0.0762. The lowest BCUT2D eigenvalue weighted by atomic mass is 9.92. The van der Waals surface area contributed by atoms with Crippen LogP contribution in [0.2, 0.25) is 0 Å². The molecule has 0 saturated carbocycles. The molecule has 2 aromatic carbocycles. The van der Waals surface area contributed by atoms with E-state index in [0.717, 1.165) is 11.3 Å². The van der Waals surface area contributed by atoms with Crippen molar-refractivity contribution < 1.29 is 24.6 Å². The molecule has 2 N–H and O–H groups in total. The van der Waals surface area contributed by atoms with Crippen molar-refractivity contribution in [3.05, 3.63) is 76.6 Å². The van der Waals surface area contributed by atoms with Gasteiger partial charge in [0.2, 0.25) is 0 Å². The molecule has 0 spiro atoms. The molecule has 2 aromatic rings. The van der Waals surface area contributed by atoms with Gasteiger partial charge in [0, 0.05) is 32.7 Å². The van der Waals surface area contributed by atoms with Crippen LogP contribution in [0.3, 0.4) is 0 Å². The number of ketones is 1. The summed E-state index contributed by atoms with van der Waals surface area (Å²) in [4.78, 5) is 40.6. The molecule has 1 amide bonds. The highest BCUT2D eigenvalue weighted by Crippen LogP contribution is 2.40. The number of Topliss-reactive ketones (excluding diaryl/α,β-unsaturated/α-hetero) is 1. The van der Waals surface area contributed by atoms with Gasteiger partial charge in [0.05, 0.1) is 17.2 Å². The Labute approximate surface area is 187 Å². The Hall–Kier alpha value is -3.61. The van der Waals surface area contributed by atoms with Crippen LogP contribution in [0, 0.1) is 5.92 Å². The Balaban J connectivity index is 2.01. The number of aromatic carboxylic acids is 1. The van der Waals surface area contributed by atoms with Gasteiger partial charge in [0.15, 0.2) is 11.5 Å². The third-order valence-electron chi connectivity index (χ3n) is 5.48. The van der Waals surface area contributed by atoms with Crippen molar-refractivity contribution in [2.45, 2.75) is 32.9 Å². The molecule has 7 heteroatoms. The number of anilines is 1. The summed E-state index contributed by atoms with van der Waals surface area (Å²) in [6.07, 6.45) is 0.222. The minimum atomic E-state index is -1.03. The van der Waals surface area contributed by atoms with Crippen LogP contribution in [0.25, 0.3) is 0 Å². The number of hydrogen-bond acceptors (Lipinski definition) is 5. The van der Waals surface area contributed by atoms with Gasteiger partial charge in [0.25, 0.3) is 5.91 Å². The average Bonchev–Trinajstić information content (AvgIpc) is 2.98. The molecule has 0 fully saturated rings. The predicted molar refractivity (Wildman–Crippen MR) is 122 cm³/mol. The molecule has 1 unspecified atom stereocenters. The third kappa shape index (κ3) is 4.66. The number of carbonyl (C=O) groups excluding carboxylic acids is 2. The molecule has 3 rings (SSSR count). The van der Waals surface area contributed by atoms with Gasteiger partial charge in [-0.25, -0.2) is 4.79 Å². The normalized spacial score (nSPS) is 16.1. The number of aliphatic hydroxyl groups is 1. The van der Waals surface area contributed by atoms with Crippen LogP contribution >= 0.6 is 0 Å². The largest absolute Gasteiger partial charge is 0.503 e. The lowest BCUT2D eigenvalue weighted by Crippen LogP contribution is -2.30. The first kappa shape index (κ1) is 23.1. The van der Waals surface area contributed by atoms with Crippen molar-refractivity contribution in [2.75, 3.05) is 19.0 Å². The van der Waals surface area contributed by atoms with Crippen LogP contribution in [-0.2, 0) is 16.1 Å². The summed E-state index contributed by atoms with van der Waals surface area (Å²) in [6.45, 7) is 3.95. The van der Waals surface area contributed by atoms with Crippen LogP contribution in [0.4, 0.5) is 5.69 Å². The zero-order valence-corrected chi connectivity index (χ0v) is 18.7. The van der Waals surface area contributed by atoms with E-state index in [1.807, 2.05) is 57.1 Å². The van der Waals surface area contributed by atoms with Gasteiger partial charge >= 0.3 is 5.97 Å². The van der Waals surface area contributed by atoms with Gasteiger partial charge < -0.3 is 20.0 Å². The fourth-order valence-corrected chi connectivity index (χ4v) is 3.83. The summed E-state index contributed by atoms with van der Waals surface area (Å²) in [5.74, 6) is -2.34. The molecule has 0 aromatic heterocycles. The Bertz CT molecular complexity index is 1050. The maximum atomic E-state index is 13.0. The van der Waals surface area contributed by atoms with E-state index in [1.165, 1.54) is 17.0 Å². The van der Waals surface area contributed by atoms with Crippen LogP contribution in [0.1, 0.15) is 47.8 Å². The maximum absolute atomic E-state index is 13.0. The number of carbonyl (C=O) groups is 3. The number of aliphatic hydroxyl groups excluding tert-OH is 1. The molecule has 168 valence electrons. The first-order valence-corrected chi connectivity index (χ1v) is 10.5. The lowest BCUT2D eigenvalue weighted by molar-refractivity contribution is -0.130. The Morgan fingerprint density at radius 3 is 2.12 bits per heavy atom. The average molecular weight is 437 g/mol. The van der Waals surface area contributed by atoms with Gasteiger partial charge in [-0.15, -0.1) is 0 Å². The Kier molecular flexibility index (Phi) is 6.67. The highest BCUT2D eigenvalue weighted by molar-refractivity contribution is 6.09. The number of nitrogens with zero attached hydrogens (tertiary/aromatic N) is 2. The van der Waals surface area contributed by atoms with E-state index in [0.29, 0.717) is 5.56 Å². The monoisotopic (exact) mass is 436 g/mol. The molecule has 0 bridgehead atoms. The zero-order valence-electron chi connectivity index (χ0n) is 18.7. The molecule has 32 heavy (non-hydrogen) atoms. The second kappa shape index (κ2) is 9.26. The summed E-state index contributed by atoms with van der Waals surface area (Å²) < 4.78 is 0. The summed E-state index contributed by atoms with van der Waals surface area (Å²) >= 11 is 0. The smallest absolute Gasteiger partial charge is 0.335 e. The first-order chi connectivity index (χ1) is 15.1. The van der Waals surface area contributed by atoms with Gasteiger partial charge in [-0.1, -0.05) is 38.1 Å². The first-order valence-electron chi connectivity index (χ1n) is 10.5. The van der Waals surface area contributed by atoms with Crippen LogP contribution < -0.4 is 4.90 Å². The number of hydrogen-bond donors (Lipinski definition) is 2. The molecular weight excluding hydrogens is 408 g/mol. The van der Waals surface area contributed by atoms with Crippen molar-refractivity contribution >= 4 is 23.3 Å². The fraction of sp³-hybridized carbons (Fsp3) is 0.320. The number of rotatable bonds is 8. The van der Waals surface area contributed by atoms with Crippen LogP contribution in [0.5, 0.6) is 0 Å². The second-order valence-electron chi connectivity index (χ2n) is 8.61. The highest BCUT2D eigenvalue weighted by atomic mass is 16.4. The molecule has 1 atom stereocenters. The van der Waals surface area contributed by atoms with Crippen LogP contribution in [0.15, 0.2) is 59.9 Å². The Morgan fingerprint density at radius 2 is 1.62 bits per heavy atom. The van der Waals surface area contributed by atoms with E-state index in [4.69, 9.17) is 5.11 Å². The van der Waals surface area contributed by atoms with Crippen LogP contribution in [-0.4, -0.2) is 46.9 Å². The maximum Gasteiger partial charge on any atom is 0.335 e. The summed E-state index contributed by atoms with van der Waals surface area (Å²) in [5.41, 5.74) is 2.65. The SMILES string of the molecule is CC(C)CC(=O)C1=C(O)C(=O)N(Cc2ccc(C(=O)O)cc2)C1c1ccc(N(C)C)cc1. The predicted octanol–water partition coefficient (Wildman–Crippen LogP) is 3.96. The van der Waals surface area contributed by atoms with E-state index in [-0.39, 0.29) is 35.8 Å². The standard InChI is InChI=1S/C25H28N2O5/c1-15(2)13-20(28)21-22(17-9-11-19(12-10-17)26(3)4)27(24(30)23(21)29)14-16-5-7-18(8-6-16)25(31)32/h5-12,15,22,29H,13-14H2,1-4H3,(H,31,32). The number of carboxylic acid groups (broad SMARTS) is 1. The van der Waals surface area contributed by atoms with E-state index in [1.54, 1.807) is 12.1 Å². The van der Waals surface area contributed by atoms with Crippen molar-refractivity contribution in [2.24, 2.45) is 5.92 Å². The second-order valence-corrected chi connectivity index (χ2v) is 8.61. The minimum Gasteiger partial charge on any atom is -0.503 e. The number of amides is 1. The van der Waals surface area contributed by atoms with E-state index in [9.17, 15) is 19.5 Å². The molecule has 1 heterocycles. The van der Waals surface area contributed by atoms with Gasteiger partial charge in [0.1, 0.15) is 0 Å². The summed E-state index contributed by atoms with van der Waals surface area (Å²) in [7, 11) is 3.84. The fourth-order valence-electron chi connectivity index (χ4n) is 3.83. The molecule has 0 radical (unpaired) electrons. The molecule has 0 saturated heterocycles. The Morgan fingerprint density at radius 1 is 1.03 bits per heavy atom. The molecule has 1 aliphatic heterocycles. The van der Waals surface area contributed by atoms with Crippen molar-refractivity contribution in [1.29, 1.82) is 0 Å². The van der Waals surface area contributed by atoms with Gasteiger partial charge in [-0.05, 0) is 41.3 Å². The lowest BCUT2D eigenvalue weighted by Gasteiger charge is -2.27. The van der Waals surface area contributed by atoms with E-state index >= 15 is 0 Å². The summed E-state index contributed by atoms with van der Waals surface area (Å²) in [5, 5.41) is 19.8. The zero-order chi connectivity index (χ0) is 23.6. The van der Waals surface area contributed by atoms with Gasteiger partial charge in [-0.3, -0.25) is 9.59 Å². The summed E-state index contributed by atoms with van der Waals surface area (Å²) in [6, 6.07) is 13.0. The topological polar surface area (TPSA) is 98.2 Å². The number of carboxylic acids is 1. The van der Waals surface area contributed by atoms with E-state index < -0.39 is 23.7 Å². The van der Waals surface area contributed by atoms with Gasteiger partial charge in [-0.2, -0.15) is 0 Å². The molecular formula is C25H28N2O5.